The normalized spacial score (nSPS) is 13.4. The SMILES string of the molecule is CN[C@@H](C)C(=O)NCCCC[C@H](N)C(=O)NCC(C)=O. The number of likely N-dealkylation sites (N-methyl/N-ethyl adjacent to an activating group) is 1. The second-order valence-corrected chi connectivity index (χ2v) is 4.82. The predicted molar refractivity (Wildman–Crippen MR) is 77.0 cm³/mol. The van der Waals surface area contributed by atoms with Crippen molar-refractivity contribution in [2.24, 2.45) is 5.73 Å². The van der Waals surface area contributed by atoms with Gasteiger partial charge in [-0.2, -0.15) is 0 Å². The number of carbonyl (C=O) groups is 3. The van der Waals surface area contributed by atoms with Gasteiger partial charge in [0, 0.05) is 6.54 Å². The minimum absolute atomic E-state index is 0.0184. The summed E-state index contributed by atoms with van der Waals surface area (Å²) < 4.78 is 0. The standard InChI is InChI=1S/C13H26N4O3/c1-9(18)8-17-13(20)11(14)6-4-5-7-16-12(19)10(2)15-3/h10-11,15H,4-8,14H2,1-3H3,(H,16,19)(H,17,20)/t10-,11-/m0/s1. The summed E-state index contributed by atoms with van der Waals surface area (Å²) in [6, 6.07) is -0.823. The van der Waals surface area contributed by atoms with E-state index in [1.165, 1.54) is 6.92 Å². The zero-order chi connectivity index (χ0) is 15.5. The van der Waals surface area contributed by atoms with Crippen molar-refractivity contribution in [3.8, 4) is 0 Å². The lowest BCUT2D eigenvalue weighted by Crippen LogP contribution is -2.42. The summed E-state index contributed by atoms with van der Waals surface area (Å²) in [6.45, 7) is 3.77. The molecule has 20 heavy (non-hydrogen) atoms. The number of unbranched alkanes of at least 4 members (excludes halogenated alkanes) is 1. The molecule has 0 rings (SSSR count). The maximum Gasteiger partial charge on any atom is 0.237 e. The topological polar surface area (TPSA) is 113 Å². The van der Waals surface area contributed by atoms with Crippen LogP contribution in [0.15, 0.2) is 0 Å². The number of carbonyl (C=O) groups excluding carboxylic acids is 3. The summed E-state index contributed by atoms with van der Waals surface area (Å²) in [4.78, 5) is 33.6. The maximum absolute atomic E-state index is 11.5. The third-order valence-corrected chi connectivity index (χ3v) is 2.92. The Kier molecular flexibility index (Phi) is 9.57. The highest BCUT2D eigenvalue weighted by atomic mass is 16.2. The fourth-order valence-corrected chi connectivity index (χ4v) is 1.46. The zero-order valence-electron chi connectivity index (χ0n) is 12.5. The van der Waals surface area contributed by atoms with Crippen molar-refractivity contribution in [1.82, 2.24) is 16.0 Å². The molecule has 0 aromatic heterocycles. The molecule has 116 valence electrons. The Morgan fingerprint density at radius 3 is 2.30 bits per heavy atom. The van der Waals surface area contributed by atoms with Crippen LogP contribution in [0.25, 0.3) is 0 Å². The van der Waals surface area contributed by atoms with Crippen LogP contribution in [0, 0.1) is 0 Å². The average Bonchev–Trinajstić information content (AvgIpc) is 2.42. The van der Waals surface area contributed by atoms with Gasteiger partial charge in [0.1, 0.15) is 5.78 Å². The molecule has 0 spiro atoms. The van der Waals surface area contributed by atoms with Crippen LogP contribution in [-0.2, 0) is 14.4 Å². The first-order valence-electron chi connectivity index (χ1n) is 6.86. The van der Waals surface area contributed by atoms with E-state index in [9.17, 15) is 14.4 Å². The molecule has 0 unspecified atom stereocenters. The Hall–Kier alpha value is -1.47. The fraction of sp³-hybridized carbons (Fsp3) is 0.769. The number of hydrogen-bond donors (Lipinski definition) is 4. The van der Waals surface area contributed by atoms with Crippen molar-refractivity contribution in [2.75, 3.05) is 20.1 Å². The van der Waals surface area contributed by atoms with Crippen LogP contribution in [0.4, 0.5) is 0 Å². The molecule has 0 saturated carbocycles. The molecule has 0 saturated heterocycles. The number of Topliss-reactive ketones (excluding diaryl/α,β-unsaturated/α-hetero) is 1. The Morgan fingerprint density at radius 1 is 1.10 bits per heavy atom. The third kappa shape index (κ3) is 8.60. The number of rotatable bonds is 10. The van der Waals surface area contributed by atoms with E-state index in [2.05, 4.69) is 16.0 Å². The van der Waals surface area contributed by atoms with E-state index in [1.807, 2.05) is 0 Å². The predicted octanol–water partition coefficient (Wildman–Crippen LogP) is -1.09. The van der Waals surface area contributed by atoms with Crippen molar-refractivity contribution >= 4 is 17.6 Å². The number of hydrogen-bond acceptors (Lipinski definition) is 5. The van der Waals surface area contributed by atoms with Gasteiger partial charge < -0.3 is 21.7 Å². The molecule has 7 heteroatoms. The second-order valence-electron chi connectivity index (χ2n) is 4.82. The van der Waals surface area contributed by atoms with Gasteiger partial charge in [0.2, 0.25) is 11.8 Å². The van der Waals surface area contributed by atoms with Gasteiger partial charge in [0.15, 0.2) is 0 Å². The van der Waals surface area contributed by atoms with Crippen molar-refractivity contribution in [2.45, 2.75) is 45.2 Å². The van der Waals surface area contributed by atoms with E-state index in [0.29, 0.717) is 13.0 Å². The van der Waals surface area contributed by atoms with Gasteiger partial charge in [-0.05, 0) is 40.2 Å². The highest BCUT2D eigenvalue weighted by molar-refractivity contribution is 5.87. The second kappa shape index (κ2) is 10.3. The van der Waals surface area contributed by atoms with Crippen LogP contribution in [0.2, 0.25) is 0 Å². The van der Waals surface area contributed by atoms with Crippen LogP contribution in [-0.4, -0.2) is 49.8 Å². The smallest absolute Gasteiger partial charge is 0.237 e. The largest absolute Gasteiger partial charge is 0.355 e. The van der Waals surface area contributed by atoms with Crippen LogP contribution in [0.5, 0.6) is 0 Å². The molecule has 0 aromatic rings. The minimum atomic E-state index is -0.610. The van der Waals surface area contributed by atoms with Crippen LogP contribution >= 0.6 is 0 Å². The third-order valence-electron chi connectivity index (χ3n) is 2.92. The molecule has 0 aliphatic carbocycles. The minimum Gasteiger partial charge on any atom is -0.355 e. The number of nitrogens with two attached hydrogens (primary N) is 1. The number of nitrogens with one attached hydrogen (secondary N) is 3. The summed E-state index contributed by atoms with van der Waals surface area (Å²) in [7, 11) is 1.73. The average molecular weight is 286 g/mol. The van der Waals surface area contributed by atoms with Crippen LogP contribution in [0.3, 0.4) is 0 Å². The molecular formula is C13H26N4O3. The maximum atomic E-state index is 11.5. The highest BCUT2D eigenvalue weighted by Gasteiger charge is 2.13. The molecule has 0 aromatic carbocycles. The first-order valence-corrected chi connectivity index (χ1v) is 6.86. The molecular weight excluding hydrogens is 260 g/mol. The summed E-state index contributed by atoms with van der Waals surface area (Å²) in [6.07, 6.45) is 2.03. The first kappa shape index (κ1) is 18.5. The van der Waals surface area contributed by atoms with Gasteiger partial charge in [-0.15, -0.1) is 0 Å². The number of ketones is 1. The molecule has 0 bridgehead atoms. The molecule has 2 amide bonds. The van der Waals surface area contributed by atoms with Crippen LogP contribution in [0.1, 0.15) is 33.1 Å². The summed E-state index contributed by atoms with van der Waals surface area (Å²) in [5.41, 5.74) is 5.69. The summed E-state index contributed by atoms with van der Waals surface area (Å²) in [5.74, 6) is -0.462. The fourth-order valence-electron chi connectivity index (χ4n) is 1.46. The molecule has 0 aliphatic heterocycles. The quantitative estimate of drug-likeness (QED) is 0.381. The zero-order valence-corrected chi connectivity index (χ0v) is 12.5. The number of amides is 2. The lowest BCUT2D eigenvalue weighted by atomic mass is 10.1. The van der Waals surface area contributed by atoms with E-state index in [4.69, 9.17) is 5.73 Å². The Labute approximate surface area is 120 Å². The van der Waals surface area contributed by atoms with Crippen molar-refractivity contribution in [1.29, 1.82) is 0 Å². The molecule has 2 atom stereocenters. The molecule has 0 heterocycles. The Balaban J connectivity index is 3.66. The molecule has 7 nitrogen and oxygen atoms in total. The van der Waals surface area contributed by atoms with E-state index < -0.39 is 6.04 Å². The van der Waals surface area contributed by atoms with Gasteiger partial charge in [-0.3, -0.25) is 14.4 Å². The summed E-state index contributed by atoms with van der Waals surface area (Å²) >= 11 is 0. The Bertz CT molecular complexity index is 334. The van der Waals surface area contributed by atoms with Gasteiger partial charge in [0.25, 0.3) is 0 Å². The van der Waals surface area contributed by atoms with Crippen molar-refractivity contribution in [3.05, 3.63) is 0 Å². The van der Waals surface area contributed by atoms with Crippen molar-refractivity contribution in [3.63, 3.8) is 0 Å². The van der Waals surface area contributed by atoms with Gasteiger partial charge >= 0.3 is 0 Å². The van der Waals surface area contributed by atoms with Gasteiger partial charge in [0.05, 0.1) is 18.6 Å². The summed E-state index contributed by atoms with van der Waals surface area (Å²) in [5, 5.41) is 8.11. The van der Waals surface area contributed by atoms with E-state index in [-0.39, 0.29) is 30.2 Å². The molecule has 5 N–H and O–H groups in total. The highest BCUT2D eigenvalue weighted by Crippen LogP contribution is 1.98. The lowest BCUT2D eigenvalue weighted by molar-refractivity contribution is -0.125. The monoisotopic (exact) mass is 286 g/mol. The van der Waals surface area contributed by atoms with Crippen molar-refractivity contribution < 1.29 is 14.4 Å². The van der Waals surface area contributed by atoms with Gasteiger partial charge in [-0.25, -0.2) is 0 Å². The van der Waals surface area contributed by atoms with E-state index in [0.717, 1.165) is 12.8 Å². The van der Waals surface area contributed by atoms with E-state index >= 15 is 0 Å². The molecule has 0 radical (unpaired) electrons. The Morgan fingerprint density at radius 2 is 1.75 bits per heavy atom. The first-order chi connectivity index (χ1) is 9.38. The molecule has 0 fully saturated rings. The van der Waals surface area contributed by atoms with Gasteiger partial charge in [-0.1, -0.05) is 0 Å². The molecule has 0 aliphatic rings. The van der Waals surface area contributed by atoms with E-state index in [1.54, 1.807) is 14.0 Å². The van der Waals surface area contributed by atoms with Crippen LogP contribution < -0.4 is 21.7 Å². The lowest BCUT2D eigenvalue weighted by Gasteiger charge is -2.12.